The fourth-order valence-electron chi connectivity index (χ4n) is 6.08. The van der Waals surface area contributed by atoms with Crippen LogP contribution < -0.4 is 11.1 Å². The Morgan fingerprint density at radius 3 is 2.18 bits per heavy atom. The summed E-state index contributed by atoms with van der Waals surface area (Å²) < 4.78 is 37.3. The molecule has 2 aromatic carbocycles. The quantitative estimate of drug-likeness (QED) is 0.167. The Bertz CT molecular complexity index is 2180. The lowest BCUT2D eigenvalue weighted by Crippen LogP contribution is -2.35. The van der Waals surface area contributed by atoms with Gasteiger partial charge in [0.25, 0.3) is 5.91 Å². The van der Waals surface area contributed by atoms with Gasteiger partial charge in [0, 0.05) is 18.7 Å². The van der Waals surface area contributed by atoms with E-state index in [9.17, 15) is 32.7 Å². The Morgan fingerprint density at radius 1 is 0.982 bits per heavy atom. The van der Waals surface area contributed by atoms with Crippen molar-refractivity contribution in [3.8, 4) is 0 Å². The van der Waals surface area contributed by atoms with Crippen LogP contribution in [-0.4, -0.2) is 68.9 Å². The number of amides is 1. The Hall–Kier alpha value is -5.15. The molecule has 2 atom stereocenters. The summed E-state index contributed by atoms with van der Waals surface area (Å²) in [7, 11) is -3.57. The lowest BCUT2D eigenvalue weighted by molar-refractivity contribution is -0.160. The van der Waals surface area contributed by atoms with Crippen LogP contribution in [0.3, 0.4) is 0 Å². The molecule has 1 aliphatic carbocycles. The van der Waals surface area contributed by atoms with E-state index in [1.54, 1.807) is 39.0 Å². The molecule has 14 nitrogen and oxygen atoms in total. The van der Waals surface area contributed by atoms with E-state index < -0.39 is 44.8 Å². The van der Waals surface area contributed by atoms with E-state index in [0.29, 0.717) is 24.9 Å². The van der Waals surface area contributed by atoms with Crippen molar-refractivity contribution in [2.24, 2.45) is 17.6 Å². The third-order valence-electron chi connectivity index (χ3n) is 8.86. The number of benzene rings is 2. The van der Waals surface area contributed by atoms with E-state index in [4.69, 9.17) is 15.2 Å². The molecule has 0 fully saturated rings. The van der Waals surface area contributed by atoms with Gasteiger partial charge in [0.05, 0.1) is 34.4 Å². The molecule has 0 aliphatic heterocycles. The van der Waals surface area contributed by atoms with Gasteiger partial charge >= 0.3 is 17.9 Å². The van der Waals surface area contributed by atoms with Gasteiger partial charge in [0.15, 0.2) is 21.2 Å². The molecule has 5 rings (SSSR count). The first kappa shape index (κ1) is 42.6. The average Bonchev–Trinajstić information content (AvgIpc) is 3.73. The van der Waals surface area contributed by atoms with Crippen molar-refractivity contribution in [2.45, 2.75) is 104 Å². The van der Waals surface area contributed by atoms with Crippen LogP contribution >= 0.6 is 0 Å². The Morgan fingerprint density at radius 2 is 1.62 bits per heavy atom. The van der Waals surface area contributed by atoms with Crippen molar-refractivity contribution in [1.82, 2.24) is 19.9 Å². The number of sulfone groups is 1. The predicted octanol–water partition coefficient (Wildman–Crippen LogP) is 5.64. The number of hydrogen-bond acceptors (Lipinski definition) is 11. The Kier molecular flexibility index (Phi) is 12.9. The van der Waals surface area contributed by atoms with Crippen molar-refractivity contribution in [3.63, 3.8) is 0 Å². The minimum atomic E-state index is -3.57. The number of aromatic nitrogens is 3. The molecule has 0 saturated carbocycles. The van der Waals surface area contributed by atoms with Crippen LogP contribution in [0.5, 0.6) is 0 Å². The summed E-state index contributed by atoms with van der Waals surface area (Å²) in [6.07, 6.45) is 2.83. The SMILES string of the molecule is CC(C)[C@H](CS(=O)(=O)c1ccc(CN)cc1)C(=O)OC(C)(C)C.Cc1c(C(=O)OC(C)(C)C)ccc2c1CC[C@@H]2NC(=O)c1cc(C(=O)O)nc2ccnn12. The van der Waals surface area contributed by atoms with Gasteiger partial charge in [-0.15, -0.1) is 0 Å². The van der Waals surface area contributed by atoms with Gasteiger partial charge in [-0.1, -0.05) is 32.0 Å². The third kappa shape index (κ3) is 10.8. The molecular weight excluding hydrogens is 727 g/mol. The number of carbonyl (C=O) groups excluding carboxylic acids is 3. The summed E-state index contributed by atoms with van der Waals surface area (Å²) in [5, 5.41) is 16.4. The molecule has 1 aliphatic rings. The number of hydrogen-bond donors (Lipinski definition) is 3. The minimum Gasteiger partial charge on any atom is -0.477 e. The lowest BCUT2D eigenvalue weighted by Gasteiger charge is -2.25. The Labute approximate surface area is 321 Å². The first-order valence-corrected chi connectivity index (χ1v) is 19.7. The van der Waals surface area contributed by atoms with Crippen LogP contribution in [0.1, 0.15) is 121 Å². The molecule has 2 heterocycles. The second kappa shape index (κ2) is 16.7. The zero-order valence-corrected chi connectivity index (χ0v) is 33.6. The monoisotopic (exact) mass is 777 g/mol. The van der Waals surface area contributed by atoms with E-state index in [1.807, 2.05) is 47.6 Å². The highest BCUT2D eigenvalue weighted by Gasteiger charge is 2.33. The van der Waals surface area contributed by atoms with Gasteiger partial charge in [-0.2, -0.15) is 5.10 Å². The van der Waals surface area contributed by atoms with Crippen molar-refractivity contribution in [2.75, 3.05) is 5.75 Å². The van der Waals surface area contributed by atoms with E-state index in [-0.39, 0.29) is 45.6 Å². The standard InChI is InChI=1S/C23H24N4O5.C17H27NO4S/c1-12-13-7-8-16(15(13)6-5-14(12)22(31)32-23(2,3)4)26-20(28)18-11-17(21(29)30)25-19-9-10-24-27(18)19;1-12(2)15(16(19)22-17(3,4)5)11-23(20,21)14-8-6-13(10-18)7-9-14/h5-6,9-11,16H,7-8H2,1-4H3,(H,26,28)(H,29,30);6-9,12,15H,10-11,18H2,1-5H3/t16-;15-/m00/s1. The molecule has 55 heavy (non-hydrogen) atoms. The number of ether oxygens (including phenoxy) is 2. The molecule has 296 valence electrons. The smallest absolute Gasteiger partial charge is 0.354 e. The normalized spacial score (nSPS) is 14.8. The molecule has 4 aromatic rings. The molecule has 15 heteroatoms. The zero-order valence-electron chi connectivity index (χ0n) is 32.8. The number of carboxylic acids is 1. The van der Waals surface area contributed by atoms with Gasteiger partial charge in [-0.3, -0.25) is 9.59 Å². The third-order valence-corrected chi connectivity index (χ3v) is 10.6. The van der Waals surface area contributed by atoms with Crippen LogP contribution in [0.4, 0.5) is 0 Å². The van der Waals surface area contributed by atoms with Crippen LogP contribution in [-0.2, 0) is 37.1 Å². The summed E-state index contributed by atoms with van der Waals surface area (Å²) in [5.41, 5.74) is 8.61. The molecular formula is C40H51N5O9S. The van der Waals surface area contributed by atoms with Gasteiger partial charge in [0.2, 0.25) is 0 Å². The number of aromatic carboxylic acids is 1. The molecule has 1 amide bonds. The predicted molar refractivity (Wildman–Crippen MR) is 205 cm³/mol. The van der Waals surface area contributed by atoms with Gasteiger partial charge in [-0.25, -0.2) is 27.5 Å². The van der Waals surface area contributed by atoms with Gasteiger partial charge in [-0.05, 0) is 108 Å². The number of rotatable bonds is 10. The number of nitrogens with two attached hydrogens (primary N) is 1. The van der Waals surface area contributed by atoms with Gasteiger partial charge < -0.3 is 25.6 Å². The number of esters is 2. The molecule has 2 aromatic heterocycles. The molecule has 0 spiro atoms. The molecule has 0 saturated heterocycles. The largest absolute Gasteiger partial charge is 0.477 e. The van der Waals surface area contributed by atoms with Crippen molar-refractivity contribution >= 4 is 39.3 Å². The number of carboxylic acid groups (broad SMARTS) is 1. The van der Waals surface area contributed by atoms with E-state index in [2.05, 4.69) is 15.4 Å². The average molecular weight is 778 g/mol. The van der Waals surface area contributed by atoms with Gasteiger partial charge in [0.1, 0.15) is 16.9 Å². The first-order valence-electron chi connectivity index (χ1n) is 18.0. The fourth-order valence-corrected chi connectivity index (χ4v) is 7.81. The molecule has 0 bridgehead atoms. The number of fused-ring (bicyclic) bond motifs is 2. The zero-order chi connectivity index (χ0) is 41.0. The van der Waals surface area contributed by atoms with Crippen LogP contribution in [0.25, 0.3) is 5.65 Å². The van der Waals surface area contributed by atoms with Crippen molar-refractivity contribution in [1.29, 1.82) is 0 Å². The van der Waals surface area contributed by atoms with Crippen LogP contribution in [0.15, 0.2) is 59.6 Å². The molecule has 0 unspecified atom stereocenters. The maximum atomic E-state index is 13.0. The first-order chi connectivity index (χ1) is 25.5. The molecule has 0 radical (unpaired) electrons. The topological polar surface area (TPSA) is 209 Å². The number of carbonyl (C=O) groups is 4. The van der Waals surface area contributed by atoms with Crippen molar-refractivity contribution < 1.29 is 42.2 Å². The summed E-state index contributed by atoms with van der Waals surface area (Å²) >= 11 is 0. The highest BCUT2D eigenvalue weighted by atomic mass is 32.2. The van der Waals surface area contributed by atoms with E-state index in [0.717, 1.165) is 22.3 Å². The maximum Gasteiger partial charge on any atom is 0.354 e. The summed E-state index contributed by atoms with van der Waals surface area (Å²) in [5.74, 6) is -3.62. The van der Waals surface area contributed by atoms with E-state index in [1.165, 1.54) is 35.0 Å². The summed E-state index contributed by atoms with van der Waals surface area (Å²) in [4.78, 5) is 53.5. The van der Waals surface area contributed by atoms with Crippen LogP contribution in [0, 0.1) is 18.8 Å². The highest BCUT2D eigenvalue weighted by molar-refractivity contribution is 7.91. The Balaban J connectivity index is 0.000000260. The maximum absolute atomic E-state index is 13.0. The second-order valence-corrected chi connectivity index (χ2v) is 17.9. The van der Waals surface area contributed by atoms with Crippen molar-refractivity contribution in [3.05, 3.63) is 93.9 Å². The summed E-state index contributed by atoms with van der Waals surface area (Å²) in [6.45, 7) is 16.7. The number of nitrogens with one attached hydrogen (secondary N) is 1. The number of nitrogens with zero attached hydrogens (tertiary/aromatic N) is 3. The summed E-state index contributed by atoms with van der Waals surface area (Å²) in [6, 6.07) is 12.5. The lowest BCUT2D eigenvalue weighted by atomic mass is 9.97. The van der Waals surface area contributed by atoms with E-state index >= 15 is 0 Å². The van der Waals surface area contributed by atoms with Crippen LogP contribution in [0.2, 0.25) is 0 Å². The fraction of sp³-hybridized carbons (Fsp3) is 0.450. The minimum absolute atomic E-state index is 0.0907. The highest BCUT2D eigenvalue weighted by Crippen LogP contribution is 2.35. The second-order valence-electron chi connectivity index (χ2n) is 15.8. The molecule has 4 N–H and O–H groups in total.